The van der Waals surface area contributed by atoms with E-state index in [4.69, 9.17) is 9.47 Å². The summed E-state index contributed by atoms with van der Waals surface area (Å²) in [6, 6.07) is 13.0. The molecule has 0 bridgehead atoms. The van der Waals surface area contributed by atoms with Crippen LogP contribution < -0.4 is 5.32 Å². The number of carbonyl (C=O) groups is 1. The molecule has 3 fully saturated rings. The lowest BCUT2D eigenvalue weighted by Crippen LogP contribution is -2.58. The van der Waals surface area contributed by atoms with E-state index in [9.17, 15) is 4.79 Å². The third-order valence-corrected chi connectivity index (χ3v) is 7.38. The number of hydrogen-bond donors (Lipinski definition) is 2. The summed E-state index contributed by atoms with van der Waals surface area (Å²) in [7, 11) is 0. The van der Waals surface area contributed by atoms with Gasteiger partial charge in [0.1, 0.15) is 0 Å². The summed E-state index contributed by atoms with van der Waals surface area (Å²) in [4.78, 5) is 15.0. The van der Waals surface area contributed by atoms with E-state index in [0.717, 1.165) is 50.8 Å². The normalized spacial score (nSPS) is 28.8. The molecule has 1 saturated carbocycles. The Morgan fingerprint density at radius 3 is 2.62 bits per heavy atom. The number of hydrogen-bond acceptors (Lipinski definition) is 4. The van der Waals surface area contributed by atoms with Gasteiger partial charge in [0.15, 0.2) is 0 Å². The van der Waals surface area contributed by atoms with E-state index in [-0.39, 0.29) is 30.1 Å². The van der Waals surface area contributed by atoms with Crippen molar-refractivity contribution in [3.05, 3.63) is 53.9 Å². The molecule has 2 unspecified atom stereocenters. The van der Waals surface area contributed by atoms with Gasteiger partial charge in [-0.15, -0.1) is 0 Å². The molecule has 2 amide bonds. The molecule has 32 heavy (non-hydrogen) atoms. The van der Waals surface area contributed by atoms with Crippen LogP contribution in [0, 0.1) is 0 Å². The first-order valence-corrected chi connectivity index (χ1v) is 12.1. The molecule has 0 radical (unpaired) electrons. The first-order valence-electron chi connectivity index (χ1n) is 12.1. The summed E-state index contributed by atoms with van der Waals surface area (Å²) in [6.45, 7) is 2.54. The summed E-state index contributed by atoms with van der Waals surface area (Å²) >= 11 is 0. The summed E-state index contributed by atoms with van der Waals surface area (Å²) in [6.07, 6.45) is 8.56. The predicted octanol–water partition coefficient (Wildman–Crippen LogP) is 3.81. The van der Waals surface area contributed by atoms with Crippen molar-refractivity contribution in [1.29, 1.82) is 0 Å². The standard InChI is InChI=1S/C25H34N4O3/c30-25(27-20-15-31-16-20)29-14-4-7-22(23-12-13-26-28-23)24(29)17-32-21-10-8-19(9-11-21)18-5-2-1-3-6-18/h1-3,5-6,12-13,19-22,24H,4,7-11,14-17H2,(H,26,28)(H,27,30). The Labute approximate surface area is 189 Å². The van der Waals surface area contributed by atoms with E-state index in [2.05, 4.69) is 45.8 Å². The Hall–Kier alpha value is -2.38. The van der Waals surface area contributed by atoms with Crippen molar-refractivity contribution in [3.8, 4) is 0 Å². The minimum Gasteiger partial charge on any atom is -0.377 e. The molecule has 1 aliphatic carbocycles. The van der Waals surface area contributed by atoms with Crippen molar-refractivity contribution in [2.75, 3.05) is 26.4 Å². The number of H-pyrrole nitrogens is 1. The first kappa shape index (κ1) is 21.5. The highest BCUT2D eigenvalue weighted by atomic mass is 16.5. The monoisotopic (exact) mass is 438 g/mol. The number of nitrogens with zero attached hydrogens (tertiary/aromatic N) is 2. The maximum absolute atomic E-state index is 13.1. The lowest BCUT2D eigenvalue weighted by molar-refractivity contribution is -0.0236. The van der Waals surface area contributed by atoms with Gasteiger partial charge in [-0.25, -0.2) is 4.79 Å². The second kappa shape index (κ2) is 10.0. The molecule has 1 aromatic carbocycles. The van der Waals surface area contributed by atoms with E-state index in [1.165, 1.54) is 5.56 Å². The van der Waals surface area contributed by atoms with Crippen LogP contribution in [0.15, 0.2) is 42.6 Å². The molecule has 2 aromatic rings. The van der Waals surface area contributed by atoms with Crippen LogP contribution in [0.2, 0.25) is 0 Å². The Morgan fingerprint density at radius 1 is 1.12 bits per heavy atom. The SMILES string of the molecule is O=C(NC1COC1)N1CCCC(c2ccn[nH]2)C1COC1CCC(c2ccccc2)CC1. The van der Waals surface area contributed by atoms with E-state index in [1.807, 2.05) is 11.0 Å². The van der Waals surface area contributed by atoms with Crippen LogP contribution in [-0.2, 0) is 9.47 Å². The molecule has 7 heteroatoms. The molecule has 5 rings (SSSR count). The maximum Gasteiger partial charge on any atom is 0.318 e. The van der Waals surface area contributed by atoms with Crippen LogP contribution in [0.1, 0.15) is 61.6 Å². The predicted molar refractivity (Wildman–Crippen MR) is 122 cm³/mol. The molecule has 2 N–H and O–H groups in total. The van der Waals surface area contributed by atoms with Gasteiger partial charge in [0, 0.05) is 24.4 Å². The Kier molecular flexibility index (Phi) is 6.74. The van der Waals surface area contributed by atoms with Crippen LogP contribution >= 0.6 is 0 Å². The smallest absolute Gasteiger partial charge is 0.318 e. The van der Waals surface area contributed by atoms with Gasteiger partial charge in [-0.2, -0.15) is 5.10 Å². The fourth-order valence-corrected chi connectivity index (χ4v) is 5.45. The Balaban J connectivity index is 1.21. The zero-order valence-electron chi connectivity index (χ0n) is 18.6. The molecule has 3 heterocycles. The lowest BCUT2D eigenvalue weighted by Gasteiger charge is -2.42. The number of piperidine rings is 1. The molecule has 0 spiro atoms. The van der Waals surface area contributed by atoms with E-state index >= 15 is 0 Å². The summed E-state index contributed by atoms with van der Waals surface area (Å²) in [5, 5.41) is 10.4. The zero-order chi connectivity index (χ0) is 21.8. The van der Waals surface area contributed by atoms with Gasteiger partial charge in [-0.3, -0.25) is 5.10 Å². The number of amides is 2. The number of rotatable bonds is 6. The summed E-state index contributed by atoms with van der Waals surface area (Å²) in [5.74, 6) is 0.853. The van der Waals surface area contributed by atoms with Crippen molar-refractivity contribution in [2.24, 2.45) is 0 Å². The number of urea groups is 1. The summed E-state index contributed by atoms with van der Waals surface area (Å²) < 4.78 is 11.7. The number of aromatic nitrogens is 2. The highest BCUT2D eigenvalue weighted by Crippen LogP contribution is 2.36. The number of ether oxygens (including phenoxy) is 2. The maximum atomic E-state index is 13.1. The van der Waals surface area contributed by atoms with Gasteiger partial charge in [0.05, 0.1) is 38.0 Å². The lowest BCUT2D eigenvalue weighted by atomic mass is 9.82. The largest absolute Gasteiger partial charge is 0.377 e. The second-order valence-electron chi connectivity index (χ2n) is 9.42. The fraction of sp³-hybridized carbons (Fsp3) is 0.600. The van der Waals surface area contributed by atoms with Crippen molar-refractivity contribution < 1.29 is 14.3 Å². The van der Waals surface area contributed by atoms with Crippen LogP contribution in [0.3, 0.4) is 0 Å². The number of nitrogens with one attached hydrogen (secondary N) is 2. The number of benzene rings is 1. The van der Waals surface area contributed by atoms with E-state index in [1.54, 1.807) is 6.20 Å². The van der Waals surface area contributed by atoms with E-state index < -0.39 is 0 Å². The third kappa shape index (κ3) is 4.84. The van der Waals surface area contributed by atoms with Crippen molar-refractivity contribution >= 4 is 6.03 Å². The Bertz CT molecular complexity index is 847. The fourth-order valence-electron chi connectivity index (χ4n) is 5.45. The quantitative estimate of drug-likeness (QED) is 0.719. The van der Waals surface area contributed by atoms with Gasteiger partial charge in [-0.1, -0.05) is 30.3 Å². The minimum atomic E-state index is 0.00361. The third-order valence-electron chi connectivity index (χ3n) is 7.38. The number of likely N-dealkylation sites (tertiary alicyclic amines) is 1. The van der Waals surface area contributed by atoms with Gasteiger partial charge in [-0.05, 0) is 56.1 Å². The number of aromatic amines is 1. The Morgan fingerprint density at radius 2 is 1.94 bits per heavy atom. The van der Waals surface area contributed by atoms with E-state index in [0.29, 0.717) is 25.7 Å². The highest BCUT2D eigenvalue weighted by Gasteiger charge is 2.38. The number of carbonyl (C=O) groups excluding carboxylic acids is 1. The average molecular weight is 439 g/mol. The van der Waals surface area contributed by atoms with Gasteiger partial charge >= 0.3 is 6.03 Å². The topological polar surface area (TPSA) is 79.5 Å². The van der Waals surface area contributed by atoms with Crippen molar-refractivity contribution in [2.45, 2.75) is 68.5 Å². The van der Waals surface area contributed by atoms with Gasteiger partial charge < -0.3 is 19.7 Å². The van der Waals surface area contributed by atoms with Crippen LogP contribution in [0.25, 0.3) is 0 Å². The molecule has 7 nitrogen and oxygen atoms in total. The molecule has 3 aliphatic rings. The van der Waals surface area contributed by atoms with Gasteiger partial charge in [0.25, 0.3) is 0 Å². The molecular formula is C25H34N4O3. The highest BCUT2D eigenvalue weighted by molar-refractivity contribution is 5.75. The van der Waals surface area contributed by atoms with Crippen LogP contribution in [0.5, 0.6) is 0 Å². The van der Waals surface area contributed by atoms with Gasteiger partial charge in [0.2, 0.25) is 0 Å². The van der Waals surface area contributed by atoms with Crippen LogP contribution in [-0.4, -0.2) is 65.7 Å². The van der Waals surface area contributed by atoms with Crippen molar-refractivity contribution in [3.63, 3.8) is 0 Å². The summed E-state index contributed by atoms with van der Waals surface area (Å²) in [5.41, 5.74) is 2.54. The zero-order valence-corrected chi connectivity index (χ0v) is 18.6. The first-order chi connectivity index (χ1) is 15.8. The molecular weight excluding hydrogens is 404 g/mol. The second-order valence-corrected chi connectivity index (χ2v) is 9.42. The average Bonchev–Trinajstić information content (AvgIpc) is 3.35. The molecule has 2 aliphatic heterocycles. The van der Waals surface area contributed by atoms with Crippen LogP contribution in [0.4, 0.5) is 4.79 Å². The molecule has 2 atom stereocenters. The minimum absolute atomic E-state index is 0.00361. The molecule has 1 aromatic heterocycles. The molecule has 2 saturated heterocycles. The van der Waals surface area contributed by atoms with Crippen molar-refractivity contribution in [1.82, 2.24) is 20.4 Å². The molecule has 172 valence electrons.